The van der Waals surface area contributed by atoms with E-state index in [4.69, 9.17) is 4.74 Å². The first-order chi connectivity index (χ1) is 15.3. The van der Waals surface area contributed by atoms with Gasteiger partial charge in [0.1, 0.15) is 6.54 Å². The summed E-state index contributed by atoms with van der Waals surface area (Å²) in [5, 5.41) is 13.9. The lowest BCUT2D eigenvalue weighted by Gasteiger charge is -2.23. The maximum absolute atomic E-state index is 13.2. The van der Waals surface area contributed by atoms with Crippen molar-refractivity contribution in [2.45, 2.75) is 4.90 Å². The van der Waals surface area contributed by atoms with Gasteiger partial charge in [-0.3, -0.25) is 9.10 Å². The lowest BCUT2D eigenvalue weighted by atomic mass is 10.2. The van der Waals surface area contributed by atoms with E-state index in [0.717, 1.165) is 7.88 Å². The van der Waals surface area contributed by atoms with E-state index < -0.39 is 22.5 Å². The molecule has 0 saturated carbocycles. The number of carbonyl (C=O) groups excluding carboxylic acids is 1. The third-order valence-electron chi connectivity index (χ3n) is 4.38. The minimum absolute atomic E-state index is 0.0659. The molecule has 0 atom stereocenters. The Hall–Kier alpha value is -3.12. The molecule has 0 saturated heterocycles. The number of hydrogen-bond donors (Lipinski definition) is 2. The van der Waals surface area contributed by atoms with Gasteiger partial charge in [-0.1, -0.05) is 24.3 Å². The Labute approximate surface area is 199 Å². The van der Waals surface area contributed by atoms with Gasteiger partial charge in [-0.2, -0.15) is 5.10 Å². The van der Waals surface area contributed by atoms with Crippen LogP contribution in [0, 0.1) is 3.57 Å². The van der Waals surface area contributed by atoms with Crippen LogP contribution < -0.4 is 14.5 Å². The fourth-order valence-corrected chi connectivity index (χ4v) is 4.59. The SMILES string of the molecule is COc1cccc(/C=N\NC(=O)CN(c2ccc(I)cc2)S(=O)(=O)c2ccccc2)c1O. The third-order valence-corrected chi connectivity index (χ3v) is 6.88. The summed E-state index contributed by atoms with van der Waals surface area (Å²) in [7, 11) is -2.57. The molecule has 10 heteroatoms. The summed E-state index contributed by atoms with van der Waals surface area (Å²) >= 11 is 2.11. The number of amides is 1. The number of halogens is 1. The largest absolute Gasteiger partial charge is 0.504 e. The molecule has 1 amide bonds. The maximum Gasteiger partial charge on any atom is 0.264 e. The number of para-hydroxylation sites is 1. The van der Waals surface area contributed by atoms with E-state index in [1.54, 1.807) is 60.7 Å². The van der Waals surface area contributed by atoms with Gasteiger partial charge in [0.25, 0.3) is 15.9 Å². The fourth-order valence-electron chi connectivity index (χ4n) is 2.79. The van der Waals surface area contributed by atoms with Crippen molar-refractivity contribution in [2.24, 2.45) is 5.10 Å². The number of sulfonamides is 1. The standard InChI is InChI=1S/C22H20IN3O5S/c1-31-20-9-5-6-16(22(20)28)14-24-25-21(27)15-26(18-12-10-17(23)11-13-18)32(29,30)19-7-3-2-4-8-19/h2-14,28H,15H2,1H3,(H,25,27)/b24-14-. The summed E-state index contributed by atoms with van der Waals surface area (Å²) in [6.45, 7) is -0.487. The van der Waals surface area contributed by atoms with Gasteiger partial charge in [0.05, 0.1) is 23.9 Å². The predicted molar refractivity (Wildman–Crippen MR) is 131 cm³/mol. The Morgan fingerprint density at radius 3 is 2.44 bits per heavy atom. The van der Waals surface area contributed by atoms with Crippen LogP contribution in [0.5, 0.6) is 11.5 Å². The summed E-state index contributed by atoms with van der Waals surface area (Å²) < 4.78 is 33.4. The van der Waals surface area contributed by atoms with Crippen LogP contribution in [0.1, 0.15) is 5.56 Å². The number of benzene rings is 3. The number of carbonyl (C=O) groups is 1. The normalized spacial score (nSPS) is 11.3. The number of hydrazone groups is 1. The number of nitrogens with one attached hydrogen (secondary N) is 1. The summed E-state index contributed by atoms with van der Waals surface area (Å²) in [6.07, 6.45) is 1.25. The molecule has 0 aliphatic carbocycles. The highest BCUT2D eigenvalue weighted by Crippen LogP contribution is 2.28. The van der Waals surface area contributed by atoms with Crippen LogP contribution in [0.3, 0.4) is 0 Å². The van der Waals surface area contributed by atoms with Gasteiger partial charge in [0.15, 0.2) is 11.5 Å². The van der Waals surface area contributed by atoms with E-state index >= 15 is 0 Å². The molecule has 32 heavy (non-hydrogen) atoms. The second-order valence-electron chi connectivity index (χ2n) is 6.49. The highest BCUT2D eigenvalue weighted by molar-refractivity contribution is 14.1. The highest BCUT2D eigenvalue weighted by Gasteiger charge is 2.27. The van der Waals surface area contributed by atoms with Crippen molar-refractivity contribution in [3.8, 4) is 11.5 Å². The predicted octanol–water partition coefficient (Wildman–Crippen LogP) is 3.35. The summed E-state index contributed by atoms with van der Waals surface area (Å²) in [6, 6.07) is 19.5. The summed E-state index contributed by atoms with van der Waals surface area (Å²) in [5.41, 5.74) is 2.98. The van der Waals surface area contributed by atoms with E-state index in [0.29, 0.717) is 11.3 Å². The molecule has 2 N–H and O–H groups in total. The first-order valence-electron chi connectivity index (χ1n) is 9.34. The van der Waals surface area contributed by atoms with Crippen LogP contribution in [0.25, 0.3) is 0 Å². The molecule has 3 aromatic rings. The van der Waals surface area contributed by atoms with E-state index in [2.05, 4.69) is 33.1 Å². The number of aromatic hydroxyl groups is 1. The number of hydrogen-bond acceptors (Lipinski definition) is 6. The maximum atomic E-state index is 13.2. The molecule has 0 bridgehead atoms. The van der Waals surface area contributed by atoms with E-state index in [-0.39, 0.29) is 16.4 Å². The van der Waals surface area contributed by atoms with Crippen molar-refractivity contribution < 1.29 is 23.1 Å². The number of methoxy groups -OCH3 is 1. The number of anilines is 1. The van der Waals surface area contributed by atoms with Gasteiger partial charge in [0, 0.05) is 9.13 Å². The molecule has 0 radical (unpaired) electrons. The number of nitrogens with zero attached hydrogens (tertiary/aromatic N) is 2. The Morgan fingerprint density at radius 1 is 1.09 bits per heavy atom. The Kier molecular flexibility index (Phi) is 7.70. The molecular weight excluding hydrogens is 545 g/mol. The summed E-state index contributed by atoms with van der Waals surface area (Å²) in [4.78, 5) is 12.6. The zero-order valence-corrected chi connectivity index (χ0v) is 19.9. The average molecular weight is 565 g/mol. The molecule has 8 nitrogen and oxygen atoms in total. The number of phenols is 1. The molecule has 3 rings (SSSR count). The van der Waals surface area contributed by atoms with Crippen molar-refractivity contribution in [1.82, 2.24) is 5.43 Å². The summed E-state index contributed by atoms with van der Waals surface area (Å²) in [5.74, 6) is -0.513. The highest BCUT2D eigenvalue weighted by atomic mass is 127. The van der Waals surface area contributed by atoms with Gasteiger partial charge < -0.3 is 9.84 Å². The van der Waals surface area contributed by atoms with E-state index in [1.807, 2.05) is 0 Å². The molecule has 0 heterocycles. The molecular formula is C22H20IN3O5S. The van der Waals surface area contributed by atoms with Crippen molar-refractivity contribution in [3.63, 3.8) is 0 Å². The number of ether oxygens (including phenoxy) is 1. The fraction of sp³-hybridized carbons (Fsp3) is 0.0909. The zero-order chi connectivity index (χ0) is 23.1. The van der Waals surface area contributed by atoms with Crippen LogP contribution in [0.2, 0.25) is 0 Å². The number of rotatable bonds is 8. The Bertz CT molecular complexity index is 1220. The van der Waals surface area contributed by atoms with Crippen LogP contribution in [-0.2, 0) is 14.8 Å². The van der Waals surface area contributed by atoms with Crippen molar-refractivity contribution in [3.05, 3.63) is 81.9 Å². The first-order valence-corrected chi connectivity index (χ1v) is 11.9. The zero-order valence-electron chi connectivity index (χ0n) is 17.0. The second kappa shape index (κ2) is 10.5. The van der Waals surface area contributed by atoms with E-state index in [1.165, 1.54) is 25.5 Å². The molecule has 0 unspecified atom stereocenters. The smallest absolute Gasteiger partial charge is 0.264 e. The van der Waals surface area contributed by atoms with Gasteiger partial charge in [-0.05, 0) is 71.1 Å². The second-order valence-corrected chi connectivity index (χ2v) is 9.60. The molecule has 0 spiro atoms. The minimum Gasteiger partial charge on any atom is -0.504 e. The lowest BCUT2D eigenvalue weighted by molar-refractivity contribution is -0.119. The molecule has 0 aromatic heterocycles. The number of phenolic OH excluding ortho intramolecular Hbond substituents is 1. The van der Waals surface area contributed by atoms with Gasteiger partial charge in [0.2, 0.25) is 0 Å². The van der Waals surface area contributed by atoms with Crippen LogP contribution in [0.4, 0.5) is 5.69 Å². The minimum atomic E-state index is -3.99. The molecule has 166 valence electrons. The molecule has 0 fully saturated rings. The monoisotopic (exact) mass is 565 g/mol. The van der Waals surface area contributed by atoms with E-state index in [9.17, 15) is 18.3 Å². The van der Waals surface area contributed by atoms with Crippen molar-refractivity contribution in [2.75, 3.05) is 18.0 Å². The van der Waals surface area contributed by atoms with Gasteiger partial charge in [-0.15, -0.1) is 0 Å². The lowest BCUT2D eigenvalue weighted by Crippen LogP contribution is -2.39. The van der Waals surface area contributed by atoms with Crippen LogP contribution >= 0.6 is 22.6 Å². The molecule has 3 aromatic carbocycles. The molecule has 0 aliphatic rings. The van der Waals surface area contributed by atoms with Crippen molar-refractivity contribution in [1.29, 1.82) is 0 Å². The topological polar surface area (TPSA) is 108 Å². The van der Waals surface area contributed by atoms with Crippen LogP contribution in [0.15, 0.2) is 82.8 Å². The first kappa shape index (κ1) is 23.5. The van der Waals surface area contributed by atoms with Crippen molar-refractivity contribution >= 4 is 50.4 Å². The van der Waals surface area contributed by atoms with Crippen LogP contribution in [-0.4, -0.2) is 39.3 Å². The quantitative estimate of drug-likeness (QED) is 0.248. The Morgan fingerprint density at radius 2 is 1.78 bits per heavy atom. The average Bonchev–Trinajstić information content (AvgIpc) is 2.80. The Balaban J connectivity index is 1.82. The van der Waals surface area contributed by atoms with Gasteiger partial charge >= 0.3 is 0 Å². The molecule has 0 aliphatic heterocycles. The van der Waals surface area contributed by atoms with Gasteiger partial charge in [-0.25, -0.2) is 13.8 Å². The third kappa shape index (κ3) is 5.56.